The molecule has 1 aliphatic heterocycles. The first-order valence-electron chi connectivity index (χ1n) is 8.49. The monoisotopic (exact) mass is 375 g/mol. The first-order chi connectivity index (χ1) is 13.0. The van der Waals surface area contributed by atoms with Crippen LogP contribution in [0, 0.1) is 11.6 Å². The van der Waals surface area contributed by atoms with Gasteiger partial charge in [-0.3, -0.25) is 9.59 Å². The standard InChI is InChI=1S/C19H19F2N3O3/c20-13-5-6-15(21)17(11-13)23-18(25)12-22-16-4-2-1-3-14(16)19(26)24-7-9-27-10-8-24/h1-6,11,22H,7-10,12H2,(H,23,25). The molecular weight excluding hydrogens is 356 g/mol. The lowest BCUT2D eigenvalue weighted by Gasteiger charge is -2.27. The first kappa shape index (κ1) is 18.8. The molecule has 8 heteroatoms. The quantitative estimate of drug-likeness (QED) is 0.842. The van der Waals surface area contributed by atoms with Crippen LogP contribution in [0.2, 0.25) is 0 Å². The number of ether oxygens (including phenoxy) is 1. The summed E-state index contributed by atoms with van der Waals surface area (Å²) in [7, 11) is 0. The Morgan fingerprint density at radius 3 is 2.56 bits per heavy atom. The maximum absolute atomic E-state index is 13.6. The number of carbonyl (C=O) groups excluding carboxylic acids is 2. The third kappa shape index (κ3) is 4.79. The molecule has 3 rings (SSSR count). The van der Waals surface area contributed by atoms with Gasteiger partial charge in [-0.15, -0.1) is 0 Å². The zero-order chi connectivity index (χ0) is 19.2. The average molecular weight is 375 g/mol. The van der Waals surface area contributed by atoms with Crippen LogP contribution in [0.3, 0.4) is 0 Å². The van der Waals surface area contributed by atoms with Crippen LogP contribution in [0.15, 0.2) is 42.5 Å². The van der Waals surface area contributed by atoms with Crippen molar-refractivity contribution in [2.24, 2.45) is 0 Å². The molecule has 0 atom stereocenters. The predicted molar refractivity (Wildman–Crippen MR) is 96.6 cm³/mol. The van der Waals surface area contributed by atoms with Crippen LogP contribution in [-0.2, 0) is 9.53 Å². The van der Waals surface area contributed by atoms with Crippen molar-refractivity contribution in [2.75, 3.05) is 43.5 Å². The minimum atomic E-state index is -0.729. The van der Waals surface area contributed by atoms with Crippen molar-refractivity contribution in [1.82, 2.24) is 4.90 Å². The van der Waals surface area contributed by atoms with Gasteiger partial charge >= 0.3 is 0 Å². The smallest absolute Gasteiger partial charge is 0.256 e. The second-order valence-electron chi connectivity index (χ2n) is 5.98. The molecule has 6 nitrogen and oxygen atoms in total. The fourth-order valence-electron chi connectivity index (χ4n) is 2.72. The van der Waals surface area contributed by atoms with Gasteiger partial charge in [0.15, 0.2) is 0 Å². The van der Waals surface area contributed by atoms with Crippen molar-refractivity contribution in [2.45, 2.75) is 0 Å². The first-order valence-corrected chi connectivity index (χ1v) is 8.49. The number of hydrogen-bond donors (Lipinski definition) is 2. The van der Waals surface area contributed by atoms with Gasteiger partial charge in [0, 0.05) is 24.8 Å². The molecule has 27 heavy (non-hydrogen) atoms. The molecule has 0 bridgehead atoms. The SMILES string of the molecule is O=C(CNc1ccccc1C(=O)N1CCOCC1)Nc1cc(F)ccc1F. The van der Waals surface area contributed by atoms with Crippen LogP contribution >= 0.6 is 0 Å². The normalized spacial score (nSPS) is 13.9. The lowest BCUT2D eigenvalue weighted by Crippen LogP contribution is -2.41. The van der Waals surface area contributed by atoms with Crippen LogP contribution in [-0.4, -0.2) is 49.6 Å². The fourth-order valence-corrected chi connectivity index (χ4v) is 2.72. The number of benzene rings is 2. The van der Waals surface area contributed by atoms with E-state index >= 15 is 0 Å². The van der Waals surface area contributed by atoms with E-state index in [-0.39, 0.29) is 18.1 Å². The number of para-hydroxylation sites is 1. The molecule has 142 valence electrons. The van der Waals surface area contributed by atoms with E-state index in [0.29, 0.717) is 37.6 Å². The number of nitrogens with zero attached hydrogens (tertiary/aromatic N) is 1. The van der Waals surface area contributed by atoms with Crippen molar-refractivity contribution < 1.29 is 23.1 Å². The molecule has 0 radical (unpaired) electrons. The summed E-state index contributed by atoms with van der Waals surface area (Å²) >= 11 is 0. The van der Waals surface area contributed by atoms with E-state index < -0.39 is 17.5 Å². The summed E-state index contributed by atoms with van der Waals surface area (Å²) in [5, 5.41) is 5.19. The zero-order valence-electron chi connectivity index (χ0n) is 14.5. The number of morpholine rings is 1. The third-order valence-corrected chi connectivity index (χ3v) is 4.10. The molecule has 2 amide bonds. The topological polar surface area (TPSA) is 70.7 Å². The highest BCUT2D eigenvalue weighted by molar-refractivity contribution is 6.01. The molecule has 0 aliphatic carbocycles. The lowest BCUT2D eigenvalue weighted by atomic mass is 10.1. The van der Waals surface area contributed by atoms with Gasteiger partial charge in [-0.2, -0.15) is 0 Å². The number of rotatable bonds is 5. The van der Waals surface area contributed by atoms with Gasteiger partial charge in [0.05, 0.1) is 31.0 Å². The zero-order valence-corrected chi connectivity index (χ0v) is 14.5. The van der Waals surface area contributed by atoms with Crippen molar-refractivity contribution in [3.63, 3.8) is 0 Å². The Balaban J connectivity index is 1.65. The molecule has 1 saturated heterocycles. The molecule has 1 heterocycles. The van der Waals surface area contributed by atoms with Gasteiger partial charge in [0.2, 0.25) is 5.91 Å². The van der Waals surface area contributed by atoms with Crippen molar-refractivity contribution in [1.29, 1.82) is 0 Å². The molecule has 2 N–H and O–H groups in total. The summed E-state index contributed by atoms with van der Waals surface area (Å²) in [5.74, 6) is -2.10. The molecule has 1 aliphatic rings. The van der Waals surface area contributed by atoms with Crippen molar-refractivity contribution >= 4 is 23.2 Å². The summed E-state index contributed by atoms with van der Waals surface area (Å²) in [6.45, 7) is 1.79. The fraction of sp³-hybridized carbons (Fsp3) is 0.263. The highest BCUT2D eigenvalue weighted by Gasteiger charge is 2.21. The summed E-state index contributed by atoms with van der Waals surface area (Å²) in [5.41, 5.74) is 0.687. The number of amides is 2. The Morgan fingerprint density at radius 1 is 1.04 bits per heavy atom. The molecular formula is C19H19F2N3O3. The molecule has 0 saturated carbocycles. The van der Waals surface area contributed by atoms with Crippen LogP contribution in [0.1, 0.15) is 10.4 Å². The molecule has 1 fully saturated rings. The number of hydrogen-bond acceptors (Lipinski definition) is 4. The van der Waals surface area contributed by atoms with Crippen molar-refractivity contribution in [3.8, 4) is 0 Å². The van der Waals surface area contributed by atoms with E-state index in [0.717, 1.165) is 18.2 Å². The summed E-state index contributed by atoms with van der Waals surface area (Å²) in [4.78, 5) is 26.4. The van der Waals surface area contributed by atoms with E-state index in [1.54, 1.807) is 29.2 Å². The van der Waals surface area contributed by atoms with Crippen LogP contribution in [0.5, 0.6) is 0 Å². The minimum Gasteiger partial charge on any atom is -0.378 e. The third-order valence-electron chi connectivity index (χ3n) is 4.10. The van der Waals surface area contributed by atoms with Crippen LogP contribution in [0.25, 0.3) is 0 Å². The highest BCUT2D eigenvalue weighted by Crippen LogP contribution is 2.19. The highest BCUT2D eigenvalue weighted by atomic mass is 19.1. The van der Waals surface area contributed by atoms with Gasteiger partial charge in [-0.05, 0) is 24.3 Å². The predicted octanol–water partition coefficient (Wildman–Crippen LogP) is 2.49. The molecule has 2 aromatic rings. The van der Waals surface area contributed by atoms with E-state index in [1.807, 2.05) is 0 Å². The van der Waals surface area contributed by atoms with Crippen LogP contribution in [0.4, 0.5) is 20.2 Å². The van der Waals surface area contributed by atoms with E-state index in [2.05, 4.69) is 10.6 Å². The average Bonchev–Trinajstić information content (AvgIpc) is 2.69. The van der Waals surface area contributed by atoms with Gasteiger partial charge < -0.3 is 20.3 Å². The second-order valence-corrected chi connectivity index (χ2v) is 5.98. The van der Waals surface area contributed by atoms with Crippen molar-refractivity contribution in [3.05, 3.63) is 59.7 Å². The number of carbonyl (C=O) groups is 2. The van der Waals surface area contributed by atoms with Gasteiger partial charge in [0.1, 0.15) is 11.6 Å². The van der Waals surface area contributed by atoms with Crippen LogP contribution < -0.4 is 10.6 Å². The number of anilines is 2. The molecule has 2 aromatic carbocycles. The molecule has 0 aromatic heterocycles. The Morgan fingerprint density at radius 2 is 1.78 bits per heavy atom. The van der Waals surface area contributed by atoms with Gasteiger partial charge in [-0.25, -0.2) is 8.78 Å². The number of halogens is 2. The van der Waals surface area contributed by atoms with Gasteiger partial charge in [0.25, 0.3) is 5.91 Å². The Kier molecular flexibility index (Phi) is 5.97. The van der Waals surface area contributed by atoms with Gasteiger partial charge in [-0.1, -0.05) is 12.1 Å². The van der Waals surface area contributed by atoms with E-state index in [4.69, 9.17) is 4.74 Å². The maximum Gasteiger partial charge on any atom is 0.256 e. The summed E-state index contributed by atoms with van der Waals surface area (Å²) in [6.07, 6.45) is 0. The maximum atomic E-state index is 13.6. The Hall–Kier alpha value is -3.00. The Bertz CT molecular complexity index is 839. The largest absolute Gasteiger partial charge is 0.378 e. The van der Waals surface area contributed by atoms with E-state index in [9.17, 15) is 18.4 Å². The summed E-state index contributed by atoms with van der Waals surface area (Å²) < 4.78 is 32.0. The number of nitrogens with one attached hydrogen (secondary N) is 2. The Labute approximate surface area is 155 Å². The second kappa shape index (κ2) is 8.59. The molecule has 0 unspecified atom stereocenters. The lowest BCUT2D eigenvalue weighted by molar-refractivity contribution is -0.114. The minimum absolute atomic E-state index is 0.155. The molecule has 0 spiro atoms. The van der Waals surface area contributed by atoms with E-state index in [1.165, 1.54) is 0 Å². The summed E-state index contributed by atoms with van der Waals surface area (Å²) in [6, 6.07) is 9.65.